The van der Waals surface area contributed by atoms with Crippen LogP contribution in [0, 0.1) is 5.92 Å². The minimum absolute atomic E-state index is 0.123. The molecule has 5 heterocycles. The van der Waals surface area contributed by atoms with Crippen LogP contribution < -0.4 is 10.1 Å². The third-order valence-corrected chi connectivity index (χ3v) is 9.80. The first-order valence-electron chi connectivity index (χ1n) is 11.6. The highest BCUT2D eigenvalue weighted by molar-refractivity contribution is 9.11. The van der Waals surface area contributed by atoms with Gasteiger partial charge in [0.15, 0.2) is 0 Å². The number of imidazole rings is 1. The summed E-state index contributed by atoms with van der Waals surface area (Å²) in [4.78, 5) is 16.3. The van der Waals surface area contributed by atoms with Crippen molar-refractivity contribution in [2.24, 2.45) is 5.92 Å². The average molecular weight is 664 g/mol. The molecule has 0 amide bonds. The molecule has 3 aliphatic rings. The largest absolute Gasteiger partial charge is 0.490 e. The third-order valence-electron chi connectivity index (χ3n) is 7.61. The fraction of sp³-hybridized carbons (Fsp3) is 0.636. The average Bonchev–Trinajstić information content (AvgIpc) is 3.33. The van der Waals surface area contributed by atoms with Crippen LogP contribution in [0.4, 0.5) is 0 Å². The van der Waals surface area contributed by atoms with Crippen LogP contribution in [-0.2, 0) is 20.6 Å². The fourth-order valence-corrected chi connectivity index (χ4v) is 7.33. The zero-order valence-corrected chi connectivity index (χ0v) is 24.5. The van der Waals surface area contributed by atoms with Crippen molar-refractivity contribution >= 4 is 60.6 Å². The van der Waals surface area contributed by atoms with Gasteiger partial charge in [-0.1, -0.05) is 13.0 Å². The van der Waals surface area contributed by atoms with Crippen molar-refractivity contribution in [1.82, 2.24) is 13.3 Å². The monoisotopic (exact) mass is 661 g/mol. The molecule has 1 unspecified atom stereocenters. The first kappa shape index (κ1) is 25.2. The van der Waals surface area contributed by atoms with Crippen molar-refractivity contribution in [2.45, 2.75) is 57.8 Å². The smallest absolute Gasteiger partial charge is 0.399 e. The van der Waals surface area contributed by atoms with E-state index >= 15 is 0 Å². The van der Waals surface area contributed by atoms with E-state index in [4.69, 9.17) is 14.0 Å². The van der Waals surface area contributed by atoms with Crippen molar-refractivity contribution in [2.75, 3.05) is 26.3 Å². The lowest BCUT2D eigenvalue weighted by Gasteiger charge is -2.34. The summed E-state index contributed by atoms with van der Waals surface area (Å²) in [7, 11) is -0.398. The second-order valence-corrected chi connectivity index (χ2v) is 12.7. The molecule has 0 radical (unpaired) electrons. The van der Waals surface area contributed by atoms with Crippen LogP contribution >= 0.6 is 48.0 Å². The lowest BCUT2D eigenvalue weighted by atomic mass is 9.75. The maximum Gasteiger partial charge on any atom is 0.490 e. The zero-order chi connectivity index (χ0) is 24.4. The Hall–Kier alpha value is -0.495. The Balaban J connectivity index is 1.51. The van der Waals surface area contributed by atoms with E-state index in [1.807, 2.05) is 15.2 Å². The molecule has 2 saturated heterocycles. The Kier molecular flexibility index (Phi) is 6.74. The van der Waals surface area contributed by atoms with Crippen molar-refractivity contribution in [1.29, 1.82) is 0 Å². The molecule has 0 bridgehead atoms. The number of hydrogen-bond acceptors (Lipinski definition) is 5. The minimum atomic E-state index is -0.635. The Morgan fingerprint density at radius 1 is 1.26 bits per heavy atom. The molecule has 2 fully saturated rings. The highest BCUT2D eigenvalue weighted by atomic mass is 79.9. The molecule has 2 aromatic rings. The van der Waals surface area contributed by atoms with E-state index in [1.165, 1.54) is 0 Å². The fourth-order valence-electron chi connectivity index (χ4n) is 5.08. The highest BCUT2D eigenvalue weighted by Crippen LogP contribution is 2.41. The van der Waals surface area contributed by atoms with Gasteiger partial charge in [-0.15, -0.1) is 0 Å². The normalized spacial score (nSPS) is 29.9. The summed E-state index contributed by atoms with van der Waals surface area (Å²) in [6.07, 6.45) is 4.89. The van der Waals surface area contributed by atoms with Gasteiger partial charge in [0.2, 0.25) is 4.60 Å². The van der Waals surface area contributed by atoms with Gasteiger partial charge in [0, 0.05) is 67.0 Å². The topological polar surface area (TPSA) is 72.1 Å². The molecule has 3 atom stereocenters. The first-order chi connectivity index (χ1) is 16.0. The first-order valence-corrected chi connectivity index (χ1v) is 13.9. The van der Waals surface area contributed by atoms with Gasteiger partial charge in [0.1, 0.15) is 18.3 Å². The van der Waals surface area contributed by atoms with E-state index in [2.05, 4.69) is 90.7 Å². The molecule has 0 aromatic carbocycles. The zero-order valence-electron chi connectivity index (χ0n) is 19.7. The summed E-state index contributed by atoms with van der Waals surface area (Å²) in [6, 6.07) is 0. The molecule has 12 heteroatoms. The Labute approximate surface area is 224 Å². The van der Waals surface area contributed by atoms with Crippen molar-refractivity contribution < 1.29 is 18.6 Å². The van der Waals surface area contributed by atoms with Crippen LogP contribution in [0.15, 0.2) is 31.9 Å². The minimum Gasteiger partial charge on any atom is -0.399 e. The molecule has 184 valence electrons. The van der Waals surface area contributed by atoms with E-state index in [0.29, 0.717) is 35.8 Å². The van der Waals surface area contributed by atoms with Crippen molar-refractivity contribution in [3.63, 3.8) is 0 Å². The number of nitrogens with one attached hydrogen (secondary N) is 1. The summed E-state index contributed by atoms with van der Waals surface area (Å²) in [5, 5.41) is 0. The van der Waals surface area contributed by atoms with Crippen molar-refractivity contribution in [3.05, 3.63) is 43.1 Å². The van der Waals surface area contributed by atoms with Gasteiger partial charge in [0.25, 0.3) is 5.52 Å². The predicted molar refractivity (Wildman–Crippen MR) is 140 cm³/mol. The third kappa shape index (κ3) is 4.20. The van der Waals surface area contributed by atoms with E-state index < -0.39 is 18.3 Å². The number of ether oxygens (including phenoxy) is 1. The van der Waals surface area contributed by atoms with Gasteiger partial charge in [-0.2, -0.15) is 4.40 Å². The molecular formula is C22H29BBr3N4O4+. The standard InChI is InChI=1S/C22H28BBr3N4O4/c1-13-9-28(26)10-15(13)16-11-29-17(19(31)27-16)18(24)30(20(29)25)12-22(4)21(2,3)33-23(34-22)14-5-7-32-8-6-14/h5,11,13,15H,6-10,12H2,1-4H3/p+1/t13-,15-,22?/m1/s1. The van der Waals surface area contributed by atoms with Crippen LogP contribution in [0.1, 0.15) is 45.7 Å². The molecule has 8 nitrogen and oxygen atoms in total. The molecule has 3 aliphatic heterocycles. The van der Waals surface area contributed by atoms with Crippen molar-refractivity contribution in [3.8, 4) is 0 Å². The van der Waals surface area contributed by atoms with Gasteiger partial charge in [-0.25, -0.2) is 8.49 Å². The Morgan fingerprint density at radius 2 is 2.03 bits per heavy atom. The van der Waals surface area contributed by atoms with Crippen LogP contribution in [-0.4, -0.2) is 57.9 Å². The van der Waals surface area contributed by atoms with Crippen LogP contribution in [0.2, 0.25) is 0 Å². The Morgan fingerprint density at radius 3 is 2.68 bits per heavy atom. The molecule has 0 saturated carbocycles. The predicted octanol–water partition coefficient (Wildman–Crippen LogP) is 3.74. The summed E-state index contributed by atoms with van der Waals surface area (Å²) in [5.74, 6) is 0.673. The second-order valence-electron chi connectivity index (χ2n) is 10.2. The number of aromatic amines is 1. The second kappa shape index (κ2) is 9.11. The van der Waals surface area contributed by atoms with E-state index in [1.54, 1.807) is 0 Å². The molecular weight excluding hydrogens is 635 g/mol. The lowest BCUT2D eigenvalue weighted by Crippen LogP contribution is -2.56. The maximum absolute atomic E-state index is 13.2. The number of hydrogen-bond donors (Lipinski definition) is 1. The van der Waals surface area contributed by atoms with Gasteiger partial charge < -0.3 is 19.0 Å². The molecule has 2 aromatic heterocycles. The molecule has 5 rings (SSSR count). The van der Waals surface area contributed by atoms with Gasteiger partial charge >= 0.3 is 17.4 Å². The number of fused-ring (bicyclic) bond motifs is 1. The Bertz CT molecular complexity index is 1210. The number of H-pyrrole nitrogens is 1. The van der Waals surface area contributed by atoms with Gasteiger partial charge in [-0.05, 0) is 38.6 Å². The number of nitrogens with zero attached hydrogens (tertiary/aromatic N) is 3. The number of rotatable bonds is 4. The molecule has 0 spiro atoms. The summed E-state index contributed by atoms with van der Waals surface area (Å²) >= 11 is 11.1. The van der Waals surface area contributed by atoms with Crippen LogP contribution in [0.5, 0.6) is 0 Å². The number of aromatic nitrogens is 3. The molecule has 0 aliphatic carbocycles. The van der Waals surface area contributed by atoms with E-state index in [0.717, 1.165) is 35.4 Å². The van der Waals surface area contributed by atoms with Gasteiger partial charge in [-0.3, -0.25) is 4.79 Å². The van der Waals surface area contributed by atoms with Crippen LogP contribution in [0.3, 0.4) is 0 Å². The lowest BCUT2D eigenvalue weighted by molar-refractivity contribution is -0.728. The number of halogens is 3. The van der Waals surface area contributed by atoms with Crippen LogP contribution in [0.25, 0.3) is 5.52 Å². The quantitative estimate of drug-likeness (QED) is 0.307. The SMILES string of the molecule is C[C@@H]1CN(Br)C[C@H]1c1cn2c(Br)[n+](CC3(C)OB(C4=CCOCC4)OC3(C)C)c(Br)c2c(=O)[nH]1. The summed E-state index contributed by atoms with van der Waals surface area (Å²) in [6.45, 7) is 11.9. The summed E-state index contributed by atoms with van der Waals surface area (Å²) in [5.41, 5.74) is 1.31. The van der Waals surface area contributed by atoms with E-state index in [9.17, 15) is 4.79 Å². The molecule has 34 heavy (non-hydrogen) atoms. The van der Waals surface area contributed by atoms with Gasteiger partial charge in [0.05, 0.1) is 24.5 Å². The maximum atomic E-state index is 13.2. The summed E-state index contributed by atoms with van der Waals surface area (Å²) < 4.78 is 26.0. The van der Waals surface area contributed by atoms with E-state index in [-0.39, 0.29) is 11.5 Å². The molecule has 1 N–H and O–H groups in total. The highest BCUT2D eigenvalue weighted by Gasteiger charge is 2.57.